The average molecular weight is 201 g/mol. The van der Waals surface area contributed by atoms with Gasteiger partial charge in [-0.25, -0.2) is 4.98 Å². The van der Waals surface area contributed by atoms with Gasteiger partial charge in [-0.05, 0) is 23.9 Å². The van der Waals surface area contributed by atoms with Crippen LogP contribution in [0.5, 0.6) is 5.75 Å². The summed E-state index contributed by atoms with van der Waals surface area (Å²) in [6, 6.07) is 3.45. The number of hydrogen-bond donors (Lipinski definition) is 1. The predicted octanol–water partition coefficient (Wildman–Crippen LogP) is 2.23. The first-order chi connectivity index (χ1) is 5.72. The molecular weight excluding hydrogens is 194 g/mol. The Morgan fingerprint density at radius 1 is 1.67 bits per heavy atom. The fourth-order valence-corrected chi connectivity index (χ4v) is 1.34. The first-order valence-corrected chi connectivity index (χ1v) is 4.39. The van der Waals surface area contributed by atoms with Crippen LogP contribution in [0.3, 0.4) is 0 Å². The number of nitrogens with zero attached hydrogens (tertiary/aromatic N) is 1. The molecule has 3 nitrogen and oxygen atoms in total. The zero-order chi connectivity index (χ0) is 8.97. The summed E-state index contributed by atoms with van der Waals surface area (Å²) in [5.41, 5.74) is 0. The van der Waals surface area contributed by atoms with Crippen LogP contribution in [0.25, 0.3) is 0 Å². The molecule has 1 aromatic rings. The first kappa shape index (κ1) is 9.41. The maximum Gasteiger partial charge on any atom is 0.249 e. The molecule has 1 rings (SSSR count). The highest BCUT2D eigenvalue weighted by atomic mass is 32.2. The van der Waals surface area contributed by atoms with E-state index in [2.05, 4.69) is 17.6 Å². The molecule has 1 aromatic heterocycles. The van der Waals surface area contributed by atoms with Crippen LogP contribution in [0.4, 0.5) is 4.79 Å². The summed E-state index contributed by atoms with van der Waals surface area (Å²) in [5.74, 6) is 0.672. The molecular formula is C7H7NO2S2. The van der Waals surface area contributed by atoms with Crippen LogP contribution in [-0.4, -0.2) is 16.5 Å². The van der Waals surface area contributed by atoms with Crippen molar-refractivity contribution in [2.75, 3.05) is 7.11 Å². The van der Waals surface area contributed by atoms with Gasteiger partial charge in [0, 0.05) is 0 Å². The van der Waals surface area contributed by atoms with Crippen LogP contribution >= 0.6 is 24.4 Å². The molecule has 12 heavy (non-hydrogen) atoms. The number of hydrogen-bond acceptors (Lipinski definition) is 4. The van der Waals surface area contributed by atoms with E-state index in [0.717, 1.165) is 11.8 Å². The summed E-state index contributed by atoms with van der Waals surface area (Å²) in [6.45, 7) is 0. The van der Waals surface area contributed by atoms with Crippen molar-refractivity contribution in [2.24, 2.45) is 0 Å². The molecule has 0 amide bonds. The Morgan fingerprint density at radius 3 is 2.83 bits per heavy atom. The first-order valence-electron chi connectivity index (χ1n) is 3.13. The largest absolute Gasteiger partial charge is 0.495 e. The molecule has 0 radical (unpaired) electrons. The Kier molecular flexibility index (Phi) is 3.43. The van der Waals surface area contributed by atoms with Crippen molar-refractivity contribution in [3.63, 3.8) is 0 Å². The van der Waals surface area contributed by atoms with Crippen LogP contribution in [-0.2, 0) is 0 Å². The molecule has 0 N–H and O–H groups in total. The molecule has 0 fully saturated rings. The van der Waals surface area contributed by atoms with Crippen molar-refractivity contribution in [3.8, 4) is 5.75 Å². The number of carbonyl (C=O) groups is 1. The van der Waals surface area contributed by atoms with E-state index in [-0.39, 0.29) is 4.45 Å². The minimum atomic E-state index is -0.271. The Hall–Kier alpha value is -0.680. The highest BCUT2D eigenvalue weighted by molar-refractivity contribution is 8.32. The Morgan fingerprint density at radius 2 is 2.42 bits per heavy atom. The third kappa shape index (κ3) is 2.75. The van der Waals surface area contributed by atoms with Gasteiger partial charge in [0.1, 0.15) is 10.8 Å². The maximum absolute atomic E-state index is 10.5. The Bertz CT molecular complexity index is 273. The molecule has 0 bridgehead atoms. The van der Waals surface area contributed by atoms with Gasteiger partial charge >= 0.3 is 0 Å². The molecule has 0 spiro atoms. The number of methoxy groups -OCH3 is 1. The van der Waals surface area contributed by atoms with E-state index in [1.165, 1.54) is 0 Å². The number of aromatic nitrogens is 1. The third-order valence-corrected chi connectivity index (χ3v) is 2.04. The maximum atomic E-state index is 10.5. The van der Waals surface area contributed by atoms with E-state index in [0.29, 0.717) is 10.8 Å². The van der Waals surface area contributed by atoms with E-state index >= 15 is 0 Å². The summed E-state index contributed by atoms with van der Waals surface area (Å²) >= 11 is 4.59. The zero-order valence-electron chi connectivity index (χ0n) is 6.35. The van der Waals surface area contributed by atoms with Gasteiger partial charge in [-0.1, -0.05) is 12.6 Å². The highest BCUT2D eigenvalue weighted by Crippen LogP contribution is 2.20. The topological polar surface area (TPSA) is 39.2 Å². The van der Waals surface area contributed by atoms with Gasteiger partial charge < -0.3 is 4.74 Å². The number of thiol groups is 1. The highest BCUT2D eigenvalue weighted by Gasteiger charge is 2.00. The Balaban J connectivity index is 2.71. The molecule has 5 heteroatoms. The molecule has 0 aliphatic rings. The van der Waals surface area contributed by atoms with Crippen molar-refractivity contribution >= 4 is 28.8 Å². The van der Waals surface area contributed by atoms with Gasteiger partial charge in [0.15, 0.2) is 0 Å². The minimum absolute atomic E-state index is 0.271. The smallest absolute Gasteiger partial charge is 0.249 e. The SMILES string of the molecule is COc1ccc(SC(=O)S)nc1. The summed E-state index contributed by atoms with van der Waals surface area (Å²) in [7, 11) is 1.56. The lowest BCUT2D eigenvalue weighted by atomic mass is 10.5. The standard InChI is InChI=1S/C7H7NO2S2/c1-10-5-2-3-6(8-4-5)12-7(9)11/h2-4H,1H3,(H,9,11). The quantitative estimate of drug-likeness (QED) is 0.588. The lowest BCUT2D eigenvalue weighted by Crippen LogP contribution is -1.85. The van der Waals surface area contributed by atoms with E-state index in [9.17, 15) is 4.79 Å². The van der Waals surface area contributed by atoms with Crippen molar-refractivity contribution in [2.45, 2.75) is 5.03 Å². The molecule has 0 aromatic carbocycles. The second-order valence-corrected chi connectivity index (χ2v) is 3.61. The third-order valence-electron chi connectivity index (χ3n) is 1.14. The zero-order valence-corrected chi connectivity index (χ0v) is 8.06. The van der Waals surface area contributed by atoms with Crippen molar-refractivity contribution < 1.29 is 9.53 Å². The van der Waals surface area contributed by atoms with Crippen molar-refractivity contribution in [1.82, 2.24) is 4.98 Å². The Labute approximate surface area is 79.9 Å². The summed E-state index contributed by atoms with van der Waals surface area (Å²) in [4.78, 5) is 14.5. The fourth-order valence-electron chi connectivity index (χ4n) is 0.637. The molecule has 64 valence electrons. The second-order valence-electron chi connectivity index (χ2n) is 1.90. The number of thioether (sulfide) groups is 1. The van der Waals surface area contributed by atoms with Gasteiger partial charge in [0.25, 0.3) is 0 Å². The molecule has 0 saturated heterocycles. The monoisotopic (exact) mass is 201 g/mol. The number of rotatable bonds is 2. The minimum Gasteiger partial charge on any atom is -0.495 e. The average Bonchev–Trinajstić information content (AvgIpc) is 2.05. The summed E-state index contributed by atoms with van der Waals surface area (Å²) in [6.07, 6.45) is 1.55. The van der Waals surface area contributed by atoms with Crippen LogP contribution in [0.15, 0.2) is 23.4 Å². The molecule has 0 unspecified atom stereocenters. The number of pyridine rings is 1. The number of ether oxygens (including phenoxy) is 1. The van der Waals surface area contributed by atoms with Gasteiger partial charge in [0.2, 0.25) is 4.45 Å². The van der Waals surface area contributed by atoms with E-state index < -0.39 is 0 Å². The van der Waals surface area contributed by atoms with Gasteiger partial charge in [-0.3, -0.25) is 4.79 Å². The van der Waals surface area contributed by atoms with Crippen LogP contribution in [0.2, 0.25) is 0 Å². The van der Waals surface area contributed by atoms with E-state index in [4.69, 9.17) is 4.74 Å². The van der Waals surface area contributed by atoms with Gasteiger partial charge in [0.05, 0.1) is 13.3 Å². The van der Waals surface area contributed by atoms with Gasteiger partial charge in [-0.15, -0.1) is 0 Å². The van der Waals surface area contributed by atoms with Crippen LogP contribution in [0.1, 0.15) is 0 Å². The molecule has 1 heterocycles. The summed E-state index contributed by atoms with van der Waals surface area (Å²) < 4.78 is 4.63. The van der Waals surface area contributed by atoms with E-state index in [1.54, 1.807) is 25.4 Å². The molecule has 0 aliphatic carbocycles. The van der Waals surface area contributed by atoms with Crippen molar-refractivity contribution in [1.29, 1.82) is 0 Å². The van der Waals surface area contributed by atoms with Crippen molar-refractivity contribution in [3.05, 3.63) is 18.3 Å². The molecule has 0 saturated carbocycles. The molecule has 0 atom stereocenters. The molecule has 0 aliphatic heterocycles. The van der Waals surface area contributed by atoms with Crippen LogP contribution < -0.4 is 4.74 Å². The fraction of sp³-hybridized carbons (Fsp3) is 0.143. The van der Waals surface area contributed by atoms with Crippen LogP contribution in [0, 0.1) is 0 Å². The van der Waals surface area contributed by atoms with E-state index in [1.807, 2.05) is 0 Å². The lowest BCUT2D eigenvalue weighted by molar-refractivity contribution is 0.277. The van der Waals surface area contributed by atoms with Gasteiger partial charge in [-0.2, -0.15) is 0 Å². The number of carbonyl (C=O) groups excluding carboxylic acids is 1. The second kappa shape index (κ2) is 4.37. The lowest BCUT2D eigenvalue weighted by Gasteiger charge is -1.98. The normalized spacial score (nSPS) is 9.50. The predicted molar refractivity (Wildman–Crippen MR) is 51.0 cm³/mol. The summed E-state index contributed by atoms with van der Waals surface area (Å²) in [5, 5.41) is 0.621.